The van der Waals surface area contributed by atoms with Gasteiger partial charge in [0.2, 0.25) is 0 Å². The molecular weight excluding hydrogens is 332 g/mol. The molecule has 0 aromatic carbocycles. The fraction of sp³-hybridized carbons (Fsp3) is 0.857. The van der Waals surface area contributed by atoms with Gasteiger partial charge in [0.25, 0.3) is 0 Å². The molecule has 0 aromatic heterocycles. The zero-order valence-corrected chi connectivity index (χ0v) is 16.4. The van der Waals surface area contributed by atoms with Crippen LogP contribution in [0.1, 0.15) is 78.1 Å². The van der Waals surface area contributed by atoms with E-state index in [1.165, 1.54) is 0 Å². The van der Waals surface area contributed by atoms with Crippen molar-refractivity contribution in [3.8, 4) is 0 Å². The Kier molecular flexibility index (Phi) is 11.1. The second kappa shape index (κ2) is 12.5. The van der Waals surface area contributed by atoms with Gasteiger partial charge >= 0.3 is 5.97 Å². The summed E-state index contributed by atoms with van der Waals surface area (Å²) in [6.45, 7) is 4.18. The highest BCUT2D eigenvalue weighted by atomic mass is 16.4. The Labute approximate surface area is 158 Å². The van der Waals surface area contributed by atoms with Crippen LogP contribution >= 0.6 is 0 Å². The minimum absolute atomic E-state index is 0.0128. The normalized spacial score (nSPS) is 28.5. The standard InChI is InChI=1S/C21H38O5/c1-3-4-9-15(2)18(22)13-12-17-16(19(23)14-20(17)24)10-7-5-6-8-11-21(25)26/h12-13,15-20,22-24H,3-11,14H2,1-2H3,(H,25,26)/t15?,16-,17-,18?,19+,20-/m1/s1. The van der Waals surface area contributed by atoms with Crippen LogP contribution in [-0.2, 0) is 4.79 Å². The summed E-state index contributed by atoms with van der Waals surface area (Å²) in [4.78, 5) is 10.5. The molecule has 0 aliphatic heterocycles. The topological polar surface area (TPSA) is 98.0 Å². The van der Waals surface area contributed by atoms with E-state index in [0.717, 1.165) is 44.9 Å². The molecule has 4 N–H and O–H groups in total. The number of unbranched alkanes of at least 4 members (excludes halogenated alkanes) is 4. The summed E-state index contributed by atoms with van der Waals surface area (Å²) in [5.41, 5.74) is 0. The Hall–Kier alpha value is -0.910. The number of aliphatic hydroxyl groups is 3. The van der Waals surface area contributed by atoms with Crippen LogP contribution in [0.15, 0.2) is 12.2 Å². The van der Waals surface area contributed by atoms with E-state index < -0.39 is 24.3 Å². The number of aliphatic hydroxyl groups excluding tert-OH is 3. The second-order valence-electron chi connectivity index (χ2n) is 7.95. The monoisotopic (exact) mass is 370 g/mol. The van der Waals surface area contributed by atoms with E-state index in [-0.39, 0.29) is 24.2 Å². The van der Waals surface area contributed by atoms with E-state index in [9.17, 15) is 20.1 Å². The maximum Gasteiger partial charge on any atom is 0.303 e. The van der Waals surface area contributed by atoms with E-state index in [1.807, 2.05) is 13.0 Å². The number of carbonyl (C=O) groups is 1. The van der Waals surface area contributed by atoms with Crippen LogP contribution in [0.4, 0.5) is 0 Å². The first-order valence-corrected chi connectivity index (χ1v) is 10.3. The SMILES string of the molecule is CCCCC(C)C(O)C=C[C@@H]1[C@@H](CCCCCCC(=O)O)[C@@H](O)C[C@H]1O. The minimum atomic E-state index is -0.753. The van der Waals surface area contributed by atoms with E-state index in [4.69, 9.17) is 5.11 Å². The maximum absolute atomic E-state index is 10.5. The molecule has 1 aliphatic rings. The Morgan fingerprint density at radius 1 is 1.12 bits per heavy atom. The van der Waals surface area contributed by atoms with Crippen molar-refractivity contribution < 1.29 is 25.2 Å². The summed E-state index contributed by atoms with van der Waals surface area (Å²) in [5, 5.41) is 39.5. The lowest BCUT2D eigenvalue weighted by Crippen LogP contribution is -2.22. The summed E-state index contributed by atoms with van der Waals surface area (Å²) in [5.74, 6) is -0.658. The molecule has 5 heteroatoms. The summed E-state index contributed by atoms with van der Waals surface area (Å²) >= 11 is 0. The molecular formula is C21H38O5. The fourth-order valence-corrected chi connectivity index (χ4v) is 3.92. The highest BCUT2D eigenvalue weighted by molar-refractivity contribution is 5.66. The van der Waals surface area contributed by atoms with Gasteiger partial charge in [-0.2, -0.15) is 0 Å². The van der Waals surface area contributed by atoms with Crippen molar-refractivity contribution in [2.24, 2.45) is 17.8 Å². The van der Waals surface area contributed by atoms with Crippen molar-refractivity contribution in [3.05, 3.63) is 12.2 Å². The Bertz CT molecular complexity index is 423. The molecule has 1 fully saturated rings. The zero-order valence-electron chi connectivity index (χ0n) is 16.4. The predicted octanol–water partition coefficient (Wildman–Crippen LogP) is 3.51. The Morgan fingerprint density at radius 3 is 2.46 bits per heavy atom. The van der Waals surface area contributed by atoms with Gasteiger partial charge in [-0.3, -0.25) is 4.79 Å². The van der Waals surface area contributed by atoms with Crippen LogP contribution in [0.2, 0.25) is 0 Å². The van der Waals surface area contributed by atoms with Gasteiger partial charge in [-0.25, -0.2) is 0 Å². The largest absolute Gasteiger partial charge is 0.481 e. The van der Waals surface area contributed by atoms with Gasteiger partial charge in [0.1, 0.15) is 0 Å². The van der Waals surface area contributed by atoms with Gasteiger partial charge in [0.15, 0.2) is 0 Å². The molecule has 0 saturated heterocycles. The Morgan fingerprint density at radius 2 is 1.81 bits per heavy atom. The summed E-state index contributed by atoms with van der Waals surface area (Å²) in [6, 6.07) is 0. The van der Waals surface area contributed by atoms with Crippen molar-refractivity contribution in [2.45, 2.75) is 96.4 Å². The van der Waals surface area contributed by atoms with E-state index in [1.54, 1.807) is 6.08 Å². The van der Waals surface area contributed by atoms with Crippen molar-refractivity contribution in [2.75, 3.05) is 0 Å². The van der Waals surface area contributed by atoms with E-state index >= 15 is 0 Å². The maximum atomic E-state index is 10.5. The number of rotatable bonds is 13. The van der Waals surface area contributed by atoms with E-state index in [0.29, 0.717) is 12.8 Å². The third-order valence-electron chi connectivity index (χ3n) is 5.72. The predicted molar refractivity (Wildman–Crippen MR) is 103 cm³/mol. The Balaban J connectivity index is 2.45. The van der Waals surface area contributed by atoms with Gasteiger partial charge in [0.05, 0.1) is 18.3 Å². The van der Waals surface area contributed by atoms with E-state index in [2.05, 4.69) is 6.92 Å². The number of hydrogen-bond donors (Lipinski definition) is 4. The molecule has 0 bridgehead atoms. The third-order valence-corrected chi connectivity index (χ3v) is 5.72. The molecule has 0 aromatic rings. The van der Waals surface area contributed by atoms with Crippen LogP contribution in [0.5, 0.6) is 0 Å². The molecule has 0 spiro atoms. The lowest BCUT2D eigenvalue weighted by Gasteiger charge is -2.22. The summed E-state index contributed by atoms with van der Waals surface area (Å²) in [6.07, 6.45) is 10.2. The molecule has 0 heterocycles. The molecule has 5 nitrogen and oxygen atoms in total. The van der Waals surface area contributed by atoms with Crippen LogP contribution in [-0.4, -0.2) is 44.7 Å². The molecule has 1 aliphatic carbocycles. The second-order valence-corrected chi connectivity index (χ2v) is 7.95. The van der Waals surface area contributed by atoms with Crippen molar-refractivity contribution in [1.29, 1.82) is 0 Å². The highest BCUT2D eigenvalue weighted by Gasteiger charge is 2.39. The molecule has 0 amide bonds. The minimum Gasteiger partial charge on any atom is -0.481 e. The first kappa shape index (κ1) is 23.1. The van der Waals surface area contributed by atoms with Gasteiger partial charge in [-0.15, -0.1) is 0 Å². The molecule has 26 heavy (non-hydrogen) atoms. The number of carboxylic acid groups (broad SMARTS) is 1. The number of aliphatic carboxylic acids is 1. The van der Waals surface area contributed by atoms with Crippen molar-refractivity contribution in [1.82, 2.24) is 0 Å². The lowest BCUT2D eigenvalue weighted by molar-refractivity contribution is -0.137. The van der Waals surface area contributed by atoms with Gasteiger partial charge < -0.3 is 20.4 Å². The lowest BCUT2D eigenvalue weighted by atomic mass is 9.87. The highest BCUT2D eigenvalue weighted by Crippen LogP contribution is 2.37. The molecule has 2 unspecified atom stereocenters. The first-order valence-electron chi connectivity index (χ1n) is 10.3. The third kappa shape index (κ3) is 8.19. The first-order chi connectivity index (χ1) is 12.4. The zero-order chi connectivity index (χ0) is 19.5. The van der Waals surface area contributed by atoms with Gasteiger partial charge in [-0.1, -0.05) is 58.1 Å². The van der Waals surface area contributed by atoms with Crippen molar-refractivity contribution in [3.63, 3.8) is 0 Å². The summed E-state index contributed by atoms with van der Waals surface area (Å²) < 4.78 is 0. The van der Waals surface area contributed by atoms with Gasteiger partial charge in [0, 0.05) is 18.8 Å². The molecule has 1 rings (SSSR count). The van der Waals surface area contributed by atoms with Crippen LogP contribution in [0.25, 0.3) is 0 Å². The summed E-state index contributed by atoms with van der Waals surface area (Å²) in [7, 11) is 0. The number of hydrogen-bond acceptors (Lipinski definition) is 4. The molecule has 1 saturated carbocycles. The number of carboxylic acids is 1. The van der Waals surface area contributed by atoms with Crippen LogP contribution < -0.4 is 0 Å². The van der Waals surface area contributed by atoms with Crippen molar-refractivity contribution >= 4 is 5.97 Å². The molecule has 152 valence electrons. The molecule has 0 radical (unpaired) electrons. The van der Waals surface area contributed by atoms with Crippen LogP contribution in [0.3, 0.4) is 0 Å². The molecule has 6 atom stereocenters. The average Bonchev–Trinajstić information content (AvgIpc) is 2.86. The van der Waals surface area contributed by atoms with Gasteiger partial charge in [-0.05, 0) is 31.1 Å². The van der Waals surface area contributed by atoms with Crippen LogP contribution in [0, 0.1) is 17.8 Å². The smallest absolute Gasteiger partial charge is 0.303 e. The fourth-order valence-electron chi connectivity index (χ4n) is 3.92. The average molecular weight is 371 g/mol. The quantitative estimate of drug-likeness (QED) is 0.294.